The van der Waals surface area contributed by atoms with E-state index in [0.29, 0.717) is 32.4 Å². The largest absolute Gasteiger partial charge is 0.445 e. The Morgan fingerprint density at radius 3 is 2.73 bits per heavy atom. The lowest BCUT2D eigenvalue weighted by molar-refractivity contribution is -0.129. The van der Waals surface area contributed by atoms with Gasteiger partial charge >= 0.3 is 6.09 Å². The maximum absolute atomic E-state index is 12.6. The molecule has 2 unspecified atom stereocenters. The van der Waals surface area contributed by atoms with Crippen molar-refractivity contribution in [3.8, 4) is 6.07 Å². The summed E-state index contributed by atoms with van der Waals surface area (Å²) in [7, 11) is 0. The molecule has 2 aliphatic rings. The molecule has 3 rings (SSSR count). The molecule has 2 saturated heterocycles. The van der Waals surface area contributed by atoms with E-state index in [0.717, 1.165) is 12.0 Å². The van der Waals surface area contributed by atoms with Crippen LogP contribution < -0.4 is 16.0 Å². The van der Waals surface area contributed by atoms with E-state index in [4.69, 9.17) is 4.74 Å². The van der Waals surface area contributed by atoms with Crippen molar-refractivity contribution in [2.24, 2.45) is 5.92 Å². The second-order valence-electron chi connectivity index (χ2n) is 8.22. The standard InChI is InChI=1S/C23H29N5O5/c24-13-18(12-17-8-4-10-25-21(17)30)27-20(29)14-26-22(31)19-9-5-11-28(19)23(32)33-15-16-6-2-1-3-7-16/h1-3,6-7,17-19H,4-5,8-12,14-15H2,(H,25,30)(H,26,31)(H,27,29)/t17-,18?,19?/m0/s1. The normalized spacial score (nSPS) is 20.8. The van der Waals surface area contributed by atoms with Gasteiger partial charge < -0.3 is 20.7 Å². The third-order valence-corrected chi connectivity index (χ3v) is 5.83. The first kappa shape index (κ1) is 24.0. The minimum absolute atomic E-state index is 0.107. The zero-order valence-corrected chi connectivity index (χ0v) is 18.4. The minimum atomic E-state index is -0.820. The van der Waals surface area contributed by atoms with Crippen molar-refractivity contribution in [3.05, 3.63) is 35.9 Å². The van der Waals surface area contributed by atoms with Crippen LogP contribution in [0.3, 0.4) is 0 Å². The molecule has 3 atom stereocenters. The summed E-state index contributed by atoms with van der Waals surface area (Å²) >= 11 is 0. The van der Waals surface area contributed by atoms with Gasteiger partial charge in [0.2, 0.25) is 17.7 Å². The summed E-state index contributed by atoms with van der Waals surface area (Å²) in [4.78, 5) is 50.5. The second kappa shape index (κ2) is 11.9. The molecule has 2 heterocycles. The Morgan fingerprint density at radius 1 is 1.21 bits per heavy atom. The van der Waals surface area contributed by atoms with Gasteiger partial charge in [0.1, 0.15) is 18.7 Å². The van der Waals surface area contributed by atoms with Gasteiger partial charge in [-0.2, -0.15) is 5.26 Å². The molecule has 2 fully saturated rings. The first-order valence-electron chi connectivity index (χ1n) is 11.2. The van der Waals surface area contributed by atoms with Gasteiger partial charge in [0, 0.05) is 19.0 Å². The van der Waals surface area contributed by atoms with Crippen molar-refractivity contribution >= 4 is 23.8 Å². The third kappa shape index (κ3) is 6.94. The van der Waals surface area contributed by atoms with Gasteiger partial charge in [0.05, 0.1) is 12.6 Å². The molecular weight excluding hydrogens is 426 g/mol. The van der Waals surface area contributed by atoms with Gasteiger partial charge in [-0.05, 0) is 37.7 Å². The SMILES string of the molecule is N#CC(C[C@@H]1CCCNC1=O)NC(=O)CNC(=O)C1CCCN1C(=O)OCc1ccccc1. The Bertz CT molecular complexity index is 900. The zero-order chi connectivity index (χ0) is 23.6. The number of amides is 4. The number of carbonyl (C=O) groups excluding carboxylic acids is 4. The summed E-state index contributed by atoms with van der Waals surface area (Å²) in [6.07, 6.45) is 2.30. The molecule has 0 bridgehead atoms. The summed E-state index contributed by atoms with van der Waals surface area (Å²) in [6, 6.07) is 9.72. The van der Waals surface area contributed by atoms with Gasteiger partial charge in [-0.1, -0.05) is 30.3 Å². The van der Waals surface area contributed by atoms with Crippen molar-refractivity contribution in [1.29, 1.82) is 5.26 Å². The Morgan fingerprint density at radius 2 is 2.00 bits per heavy atom. The Kier molecular flexibility index (Phi) is 8.63. The van der Waals surface area contributed by atoms with Crippen LogP contribution in [0.15, 0.2) is 30.3 Å². The van der Waals surface area contributed by atoms with Gasteiger partial charge in [-0.15, -0.1) is 0 Å². The highest BCUT2D eigenvalue weighted by molar-refractivity contribution is 5.90. The maximum Gasteiger partial charge on any atom is 0.410 e. The molecule has 0 spiro atoms. The van der Waals surface area contributed by atoms with E-state index in [9.17, 15) is 24.4 Å². The lowest BCUT2D eigenvalue weighted by Gasteiger charge is -2.24. The molecule has 176 valence electrons. The number of rotatable bonds is 8. The highest BCUT2D eigenvalue weighted by atomic mass is 16.6. The maximum atomic E-state index is 12.6. The molecule has 2 aliphatic heterocycles. The molecule has 1 aromatic carbocycles. The molecule has 10 heteroatoms. The molecule has 1 aromatic rings. The summed E-state index contributed by atoms with van der Waals surface area (Å²) in [5.74, 6) is -1.39. The molecular formula is C23H29N5O5. The van der Waals surface area contributed by atoms with E-state index in [1.165, 1.54) is 4.90 Å². The van der Waals surface area contributed by atoms with Gasteiger partial charge in [-0.3, -0.25) is 19.3 Å². The van der Waals surface area contributed by atoms with Crippen LogP contribution in [-0.4, -0.2) is 60.4 Å². The van der Waals surface area contributed by atoms with Gasteiger partial charge in [-0.25, -0.2) is 4.79 Å². The zero-order valence-electron chi connectivity index (χ0n) is 18.4. The average Bonchev–Trinajstić information content (AvgIpc) is 3.33. The van der Waals surface area contributed by atoms with E-state index in [2.05, 4.69) is 16.0 Å². The Hall–Kier alpha value is -3.61. The molecule has 0 radical (unpaired) electrons. The van der Waals surface area contributed by atoms with E-state index in [1.807, 2.05) is 36.4 Å². The second-order valence-corrected chi connectivity index (χ2v) is 8.22. The molecule has 0 aromatic heterocycles. The van der Waals surface area contributed by atoms with Crippen LogP contribution in [0.4, 0.5) is 4.79 Å². The van der Waals surface area contributed by atoms with Crippen molar-refractivity contribution in [2.75, 3.05) is 19.6 Å². The Labute approximate surface area is 192 Å². The number of nitrogens with zero attached hydrogens (tertiary/aromatic N) is 2. The number of hydrogen-bond donors (Lipinski definition) is 3. The Balaban J connectivity index is 1.43. The van der Waals surface area contributed by atoms with Crippen molar-refractivity contribution in [1.82, 2.24) is 20.9 Å². The molecule has 3 N–H and O–H groups in total. The summed E-state index contributed by atoms with van der Waals surface area (Å²) in [5.41, 5.74) is 0.848. The number of benzene rings is 1. The minimum Gasteiger partial charge on any atom is -0.445 e. The fourth-order valence-corrected chi connectivity index (χ4v) is 4.08. The predicted octanol–water partition coefficient (Wildman–Crippen LogP) is 0.828. The van der Waals surface area contributed by atoms with E-state index >= 15 is 0 Å². The number of nitrogens with one attached hydrogen (secondary N) is 3. The van der Waals surface area contributed by atoms with Gasteiger partial charge in [0.15, 0.2) is 0 Å². The number of nitriles is 1. The van der Waals surface area contributed by atoms with Crippen LogP contribution in [0.2, 0.25) is 0 Å². The van der Waals surface area contributed by atoms with Gasteiger partial charge in [0.25, 0.3) is 0 Å². The number of likely N-dealkylation sites (tertiary alicyclic amines) is 1. The molecule has 0 aliphatic carbocycles. The summed E-state index contributed by atoms with van der Waals surface area (Å²) in [5, 5.41) is 17.2. The predicted molar refractivity (Wildman–Crippen MR) is 117 cm³/mol. The third-order valence-electron chi connectivity index (χ3n) is 5.83. The molecule has 0 saturated carbocycles. The number of carbonyl (C=O) groups is 4. The lowest BCUT2D eigenvalue weighted by Crippen LogP contribution is -2.49. The summed E-state index contributed by atoms with van der Waals surface area (Å²) in [6.45, 7) is 0.819. The van der Waals surface area contributed by atoms with Crippen LogP contribution in [0.5, 0.6) is 0 Å². The number of ether oxygens (including phenoxy) is 1. The van der Waals surface area contributed by atoms with Crippen molar-refractivity contribution < 1.29 is 23.9 Å². The first-order valence-corrected chi connectivity index (χ1v) is 11.2. The molecule has 33 heavy (non-hydrogen) atoms. The monoisotopic (exact) mass is 455 g/mol. The first-order chi connectivity index (χ1) is 16.0. The number of hydrogen-bond acceptors (Lipinski definition) is 6. The van der Waals surface area contributed by atoms with Crippen LogP contribution in [0.25, 0.3) is 0 Å². The topological polar surface area (TPSA) is 141 Å². The van der Waals surface area contributed by atoms with Crippen molar-refractivity contribution in [2.45, 2.75) is 50.8 Å². The van der Waals surface area contributed by atoms with Crippen LogP contribution in [0.1, 0.15) is 37.7 Å². The summed E-state index contributed by atoms with van der Waals surface area (Å²) < 4.78 is 5.33. The molecule has 4 amide bonds. The fraction of sp³-hybridized carbons (Fsp3) is 0.522. The lowest BCUT2D eigenvalue weighted by atomic mass is 9.92. The van der Waals surface area contributed by atoms with Crippen LogP contribution in [-0.2, 0) is 25.7 Å². The fourth-order valence-electron chi connectivity index (χ4n) is 4.08. The van der Waals surface area contributed by atoms with Crippen LogP contribution in [0, 0.1) is 17.2 Å². The van der Waals surface area contributed by atoms with E-state index < -0.39 is 30.0 Å². The quantitative estimate of drug-likeness (QED) is 0.530. The van der Waals surface area contributed by atoms with E-state index in [-0.39, 0.29) is 31.4 Å². The van der Waals surface area contributed by atoms with E-state index in [1.54, 1.807) is 0 Å². The highest BCUT2D eigenvalue weighted by Gasteiger charge is 2.35. The number of piperidine rings is 1. The smallest absolute Gasteiger partial charge is 0.410 e. The highest BCUT2D eigenvalue weighted by Crippen LogP contribution is 2.19. The van der Waals surface area contributed by atoms with Crippen LogP contribution >= 0.6 is 0 Å². The molecule has 10 nitrogen and oxygen atoms in total. The van der Waals surface area contributed by atoms with Crippen molar-refractivity contribution in [3.63, 3.8) is 0 Å². The average molecular weight is 456 g/mol.